The Kier molecular flexibility index (Phi) is 4.70. The molecule has 1 N–H and O–H groups in total. The number of rotatable bonds is 4. The van der Waals surface area contributed by atoms with E-state index in [0.29, 0.717) is 21.8 Å². The Morgan fingerprint density at radius 2 is 1.86 bits per heavy atom. The van der Waals surface area contributed by atoms with Gasteiger partial charge in [-0.05, 0) is 18.2 Å². The fraction of sp³-hybridized carbons (Fsp3) is 0.0625. The smallest absolute Gasteiger partial charge is 0.238 e. The molecule has 0 saturated carbocycles. The fourth-order valence-electron chi connectivity index (χ4n) is 1.83. The molecule has 0 saturated heterocycles. The van der Waals surface area contributed by atoms with Gasteiger partial charge in [-0.15, -0.1) is 0 Å². The summed E-state index contributed by atoms with van der Waals surface area (Å²) in [6.45, 7) is 0. The second-order valence-corrected chi connectivity index (χ2v) is 4.70. The first-order chi connectivity index (χ1) is 10.1. The molecule has 0 aliphatic rings. The first-order valence-corrected chi connectivity index (χ1v) is 6.55. The van der Waals surface area contributed by atoms with Gasteiger partial charge in [0.15, 0.2) is 5.78 Å². The number of nitriles is 1. The molecule has 0 heterocycles. The van der Waals surface area contributed by atoms with Crippen LogP contribution < -0.4 is 5.32 Å². The maximum Gasteiger partial charge on any atom is 0.238 e. The van der Waals surface area contributed by atoms with Crippen LogP contribution in [-0.4, -0.2) is 11.7 Å². The number of hydrogen-bond acceptors (Lipinski definition) is 3. The number of nitrogens with one attached hydrogen (secondary N) is 1. The fourth-order valence-corrected chi connectivity index (χ4v) is 2.00. The Morgan fingerprint density at radius 3 is 2.52 bits per heavy atom. The zero-order valence-corrected chi connectivity index (χ0v) is 11.7. The normalized spacial score (nSPS) is 9.71. The SMILES string of the molecule is N#CCC(=O)Nc1cc(Cl)ccc1C(=O)c1ccccc1. The van der Waals surface area contributed by atoms with E-state index in [-0.39, 0.29) is 12.2 Å². The van der Waals surface area contributed by atoms with Crippen molar-refractivity contribution in [1.29, 1.82) is 5.26 Å². The maximum absolute atomic E-state index is 12.5. The molecule has 0 aromatic heterocycles. The molecule has 2 rings (SSSR count). The van der Waals surface area contributed by atoms with Crippen molar-refractivity contribution in [2.45, 2.75) is 6.42 Å². The van der Waals surface area contributed by atoms with Gasteiger partial charge in [-0.1, -0.05) is 41.9 Å². The van der Waals surface area contributed by atoms with Gasteiger partial charge in [0.25, 0.3) is 0 Å². The third kappa shape index (κ3) is 3.68. The van der Waals surface area contributed by atoms with Crippen molar-refractivity contribution in [3.8, 4) is 6.07 Å². The summed E-state index contributed by atoms with van der Waals surface area (Å²) in [5.74, 6) is -0.707. The second-order valence-electron chi connectivity index (χ2n) is 4.27. The maximum atomic E-state index is 12.5. The Bertz CT molecular complexity index is 721. The van der Waals surface area contributed by atoms with Crippen LogP contribution in [0.3, 0.4) is 0 Å². The number of carbonyl (C=O) groups is 2. The number of anilines is 1. The third-order valence-corrected chi connectivity index (χ3v) is 3.01. The predicted molar refractivity (Wildman–Crippen MR) is 80.2 cm³/mol. The quantitative estimate of drug-likeness (QED) is 0.879. The van der Waals surface area contributed by atoms with Crippen molar-refractivity contribution in [1.82, 2.24) is 0 Å². The van der Waals surface area contributed by atoms with Crippen molar-refractivity contribution < 1.29 is 9.59 Å². The minimum Gasteiger partial charge on any atom is -0.324 e. The van der Waals surface area contributed by atoms with E-state index in [4.69, 9.17) is 16.9 Å². The van der Waals surface area contributed by atoms with Gasteiger partial charge in [0.05, 0.1) is 11.8 Å². The van der Waals surface area contributed by atoms with E-state index in [1.165, 1.54) is 6.07 Å². The number of amides is 1. The number of hydrogen-bond donors (Lipinski definition) is 1. The van der Waals surface area contributed by atoms with Crippen molar-refractivity contribution in [2.24, 2.45) is 0 Å². The van der Waals surface area contributed by atoms with Crippen LogP contribution in [0.15, 0.2) is 48.5 Å². The van der Waals surface area contributed by atoms with Gasteiger partial charge >= 0.3 is 0 Å². The Balaban J connectivity index is 2.37. The van der Waals surface area contributed by atoms with E-state index < -0.39 is 5.91 Å². The lowest BCUT2D eigenvalue weighted by Gasteiger charge is -2.10. The van der Waals surface area contributed by atoms with Gasteiger partial charge in [-0.3, -0.25) is 9.59 Å². The molecule has 0 aliphatic heterocycles. The summed E-state index contributed by atoms with van der Waals surface area (Å²) in [4.78, 5) is 24.0. The standard InChI is InChI=1S/C16H11ClN2O2/c17-12-6-7-13(14(10-12)19-15(20)8-9-18)16(21)11-4-2-1-3-5-11/h1-7,10H,8H2,(H,19,20). The van der Waals surface area contributed by atoms with E-state index in [1.54, 1.807) is 42.5 Å². The van der Waals surface area contributed by atoms with Gasteiger partial charge in [-0.25, -0.2) is 0 Å². The lowest BCUT2D eigenvalue weighted by molar-refractivity contribution is -0.115. The zero-order valence-electron chi connectivity index (χ0n) is 11.0. The first-order valence-electron chi connectivity index (χ1n) is 6.18. The molecule has 21 heavy (non-hydrogen) atoms. The largest absolute Gasteiger partial charge is 0.324 e. The molecule has 0 spiro atoms. The third-order valence-electron chi connectivity index (χ3n) is 2.78. The van der Waals surface area contributed by atoms with Gasteiger partial charge < -0.3 is 5.32 Å². The minimum absolute atomic E-state index is 0.223. The molecular weight excluding hydrogens is 288 g/mol. The molecule has 0 atom stereocenters. The lowest BCUT2D eigenvalue weighted by atomic mass is 10.0. The summed E-state index contributed by atoms with van der Waals surface area (Å²) in [6, 6.07) is 15.1. The van der Waals surface area contributed by atoms with Crippen LogP contribution in [0, 0.1) is 11.3 Å². The molecular formula is C16H11ClN2O2. The molecule has 0 fully saturated rings. The molecule has 0 unspecified atom stereocenters. The highest BCUT2D eigenvalue weighted by Crippen LogP contribution is 2.24. The van der Waals surface area contributed by atoms with Crippen molar-refractivity contribution in [3.63, 3.8) is 0 Å². The summed E-state index contributed by atoms with van der Waals surface area (Å²) < 4.78 is 0. The molecule has 0 aliphatic carbocycles. The van der Waals surface area contributed by atoms with Crippen molar-refractivity contribution in [2.75, 3.05) is 5.32 Å². The Morgan fingerprint density at radius 1 is 1.14 bits per heavy atom. The highest BCUT2D eigenvalue weighted by molar-refractivity contribution is 6.31. The van der Waals surface area contributed by atoms with Crippen LogP contribution in [0.4, 0.5) is 5.69 Å². The van der Waals surface area contributed by atoms with Crippen LogP contribution in [0.1, 0.15) is 22.3 Å². The molecule has 5 heteroatoms. The van der Waals surface area contributed by atoms with Crippen LogP contribution in [0.5, 0.6) is 0 Å². The molecule has 104 valence electrons. The van der Waals surface area contributed by atoms with Gasteiger partial charge in [-0.2, -0.15) is 5.26 Å². The summed E-state index contributed by atoms with van der Waals surface area (Å²) in [5.41, 5.74) is 1.14. The highest BCUT2D eigenvalue weighted by atomic mass is 35.5. The van der Waals surface area contributed by atoms with E-state index in [2.05, 4.69) is 5.32 Å². The van der Waals surface area contributed by atoms with E-state index in [9.17, 15) is 9.59 Å². The predicted octanol–water partition coefficient (Wildman–Crippen LogP) is 3.42. The second kappa shape index (κ2) is 6.69. The van der Waals surface area contributed by atoms with E-state index in [0.717, 1.165) is 0 Å². The number of ketones is 1. The highest BCUT2D eigenvalue weighted by Gasteiger charge is 2.15. The van der Waals surface area contributed by atoms with Gasteiger partial charge in [0.1, 0.15) is 6.42 Å². The van der Waals surface area contributed by atoms with E-state index >= 15 is 0 Å². The first kappa shape index (κ1) is 14.8. The summed E-state index contributed by atoms with van der Waals surface area (Å²) in [7, 11) is 0. The average molecular weight is 299 g/mol. The van der Waals surface area contributed by atoms with Gasteiger partial charge in [0.2, 0.25) is 5.91 Å². The van der Waals surface area contributed by atoms with Crippen LogP contribution in [0.25, 0.3) is 0 Å². The molecule has 2 aromatic carbocycles. The number of carbonyl (C=O) groups excluding carboxylic acids is 2. The lowest BCUT2D eigenvalue weighted by Crippen LogP contribution is -2.14. The summed E-state index contributed by atoms with van der Waals surface area (Å²) in [5, 5.41) is 11.5. The molecule has 1 amide bonds. The van der Waals surface area contributed by atoms with Crippen molar-refractivity contribution >= 4 is 29.0 Å². The Hall–Kier alpha value is -2.64. The minimum atomic E-state index is -0.484. The van der Waals surface area contributed by atoms with E-state index in [1.807, 2.05) is 6.07 Å². The van der Waals surface area contributed by atoms with Gasteiger partial charge in [0, 0.05) is 16.1 Å². The number of benzene rings is 2. The summed E-state index contributed by atoms with van der Waals surface area (Å²) >= 11 is 5.90. The average Bonchev–Trinajstić information content (AvgIpc) is 2.48. The summed E-state index contributed by atoms with van der Waals surface area (Å²) in [6.07, 6.45) is -0.286. The number of nitrogens with zero attached hydrogens (tertiary/aromatic N) is 1. The molecule has 2 aromatic rings. The van der Waals surface area contributed by atoms with Crippen LogP contribution >= 0.6 is 11.6 Å². The molecule has 0 bridgehead atoms. The van der Waals surface area contributed by atoms with Crippen molar-refractivity contribution in [3.05, 3.63) is 64.7 Å². The monoisotopic (exact) mass is 298 g/mol. The van der Waals surface area contributed by atoms with Crippen LogP contribution in [-0.2, 0) is 4.79 Å². The molecule has 4 nitrogen and oxygen atoms in total. The number of halogens is 1. The Labute approximate surface area is 127 Å². The molecule has 0 radical (unpaired) electrons. The zero-order chi connectivity index (χ0) is 15.2. The topological polar surface area (TPSA) is 70.0 Å². The van der Waals surface area contributed by atoms with Crippen LogP contribution in [0.2, 0.25) is 5.02 Å².